The average Bonchev–Trinajstić information content (AvgIpc) is 3.20. The fraction of sp³-hybridized carbons (Fsp3) is 0.100. The Kier molecular flexibility index (Phi) is 8.76. The largest absolute Gasteiger partial charge is 0.272 e. The van der Waals surface area contributed by atoms with Gasteiger partial charge in [-0.15, -0.1) is 10.2 Å². The number of thioether (sulfide) groups is 2. The summed E-state index contributed by atoms with van der Waals surface area (Å²) in [4.78, 5) is 11.9. The summed E-state index contributed by atoms with van der Waals surface area (Å²) in [6.45, 7) is 0. The quantitative estimate of drug-likeness (QED) is 0.263. The molecular formula is C20H17ClN4OS3. The minimum atomic E-state index is -0.190. The van der Waals surface area contributed by atoms with Crippen molar-refractivity contribution < 1.29 is 4.79 Å². The van der Waals surface area contributed by atoms with Crippen LogP contribution in [0.1, 0.15) is 11.1 Å². The Hall–Kier alpha value is -2.13. The molecule has 0 radical (unpaired) electrons. The van der Waals surface area contributed by atoms with Gasteiger partial charge in [-0.1, -0.05) is 95.0 Å². The minimum Gasteiger partial charge on any atom is -0.272 e. The number of hydrazone groups is 1. The Balaban J connectivity index is 1.36. The first-order valence-corrected chi connectivity index (χ1v) is 11.7. The maximum Gasteiger partial charge on any atom is 0.250 e. The van der Waals surface area contributed by atoms with Crippen molar-refractivity contribution in [3.05, 3.63) is 76.8 Å². The number of carbonyl (C=O) groups is 1. The van der Waals surface area contributed by atoms with Crippen LogP contribution in [0.25, 0.3) is 6.08 Å². The van der Waals surface area contributed by atoms with Gasteiger partial charge in [0.25, 0.3) is 5.91 Å². The van der Waals surface area contributed by atoms with Crippen LogP contribution in [0.15, 0.2) is 74.5 Å². The van der Waals surface area contributed by atoms with E-state index in [1.165, 1.54) is 28.7 Å². The third kappa shape index (κ3) is 8.02. The minimum absolute atomic E-state index is 0.190. The molecular weight excluding hydrogens is 444 g/mol. The van der Waals surface area contributed by atoms with E-state index in [0.717, 1.165) is 25.0 Å². The second-order valence-electron chi connectivity index (χ2n) is 5.62. The summed E-state index contributed by atoms with van der Waals surface area (Å²) >= 11 is 10.3. The van der Waals surface area contributed by atoms with Gasteiger partial charge in [0.1, 0.15) is 0 Å². The topological polar surface area (TPSA) is 67.2 Å². The van der Waals surface area contributed by atoms with E-state index in [9.17, 15) is 4.79 Å². The fourth-order valence-electron chi connectivity index (χ4n) is 2.07. The van der Waals surface area contributed by atoms with E-state index in [1.807, 2.05) is 60.7 Å². The molecule has 0 bridgehead atoms. The number of carbonyl (C=O) groups excluding carboxylic acids is 1. The molecule has 1 N–H and O–H groups in total. The number of aromatic nitrogens is 2. The fourth-order valence-corrected chi connectivity index (χ4v) is 4.96. The molecule has 3 aromatic rings. The van der Waals surface area contributed by atoms with Gasteiger partial charge in [-0.3, -0.25) is 4.79 Å². The number of nitrogens with one attached hydrogen (secondary N) is 1. The standard InChI is InChI=1S/C20H17ClN4OS3/c21-17-10-8-16(9-11-17)13-27-19-24-25-20(29-19)28-14-18(26)23-22-12-4-7-15-5-2-1-3-6-15/h1-12H,13-14H2,(H,23,26)/b7-4-,22-12-. The number of nitrogens with zero attached hydrogens (tertiary/aromatic N) is 3. The van der Waals surface area contributed by atoms with E-state index in [4.69, 9.17) is 11.6 Å². The van der Waals surface area contributed by atoms with Crippen LogP contribution in [-0.4, -0.2) is 28.1 Å². The van der Waals surface area contributed by atoms with E-state index in [-0.39, 0.29) is 11.7 Å². The van der Waals surface area contributed by atoms with Gasteiger partial charge in [0, 0.05) is 17.0 Å². The molecule has 9 heteroatoms. The number of hydrogen-bond acceptors (Lipinski definition) is 7. The Morgan fingerprint density at radius 2 is 1.79 bits per heavy atom. The van der Waals surface area contributed by atoms with E-state index >= 15 is 0 Å². The summed E-state index contributed by atoms with van der Waals surface area (Å²) in [6.07, 6.45) is 5.23. The first-order valence-electron chi connectivity index (χ1n) is 8.56. The first-order chi connectivity index (χ1) is 14.2. The summed E-state index contributed by atoms with van der Waals surface area (Å²) < 4.78 is 1.62. The Labute approximate surface area is 186 Å². The first kappa shape index (κ1) is 21.6. The van der Waals surface area contributed by atoms with E-state index in [2.05, 4.69) is 20.7 Å². The molecule has 0 fully saturated rings. The van der Waals surface area contributed by atoms with Gasteiger partial charge in [0.15, 0.2) is 8.68 Å². The van der Waals surface area contributed by atoms with E-state index in [1.54, 1.807) is 24.1 Å². The van der Waals surface area contributed by atoms with Crippen molar-refractivity contribution in [3.63, 3.8) is 0 Å². The van der Waals surface area contributed by atoms with Crippen molar-refractivity contribution in [3.8, 4) is 0 Å². The molecule has 1 heterocycles. The third-order valence-electron chi connectivity index (χ3n) is 3.43. The Morgan fingerprint density at radius 3 is 2.55 bits per heavy atom. The zero-order valence-electron chi connectivity index (χ0n) is 15.2. The van der Waals surface area contributed by atoms with Crippen molar-refractivity contribution in [2.75, 3.05) is 5.75 Å². The summed E-state index contributed by atoms with van der Waals surface area (Å²) in [7, 11) is 0. The maximum atomic E-state index is 11.9. The van der Waals surface area contributed by atoms with Crippen LogP contribution in [-0.2, 0) is 10.5 Å². The van der Waals surface area contributed by atoms with E-state index in [0.29, 0.717) is 0 Å². The van der Waals surface area contributed by atoms with Gasteiger partial charge in [-0.05, 0) is 29.3 Å². The predicted molar refractivity (Wildman–Crippen MR) is 124 cm³/mol. The summed E-state index contributed by atoms with van der Waals surface area (Å²) in [6, 6.07) is 17.6. The normalized spacial score (nSPS) is 11.3. The van der Waals surface area contributed by atoms with Crippen LogP contribution < -0.4 is 5.43 Å². The summed E-state index contributed by atoms with van der Waals surface area (Å²) in [5, 5.41) is 12.9. The lowest BCUT2D eigenvalue weighted by molar-refractivity contribution is -0.118. The van der Waals surface area contributed by atoms with Crippen LogP contribution in [0.5, 0.6) is 0 Å². The van der Waals surface area contributed by atoms with Crippen molar-refractivity contribution in [2.45, 2.75) is 14.4 Å². The lowest BCUT2D eigenvalue weighted by atomic mass is 10.2. The smallest absolute Gasteiger partial charge is 0.250 e. The number of amides is 1. The molecule has 0 aliphatic rings. The number of hydrogen-bond donors (Lipinski definition) is 1. The molecule has 0 atom stereocenters. The highest BCUT2D eigenvalue weighted by Gasteiger charge is 2.08. The lowest BCUT2D eigenvalue weighted by Gasteiger charge is -1.98. The molecule has 0 unspecified atom stereocenters. The monoisotopic (exact) mass is 460 g/mol. The van der Waals surface area contributed by atoms with Crippen LogP contribution in [0.3, 0.4) is 0 Å². The molecule has 0 aliphatic carbocycles. The van der Waals surface area contributed by atoms with Crippen LogP contribution in [0.4, 0.5) is 0 Å². The molecule has 1 aromatic heterocycles. The zero-order chi connectivity index (χ0) is 20.3. The van der Waals surface area contributed by atoms with Gasteiger partial charge in [0.2, 0.25) is 0 Å². The zero-order valence-corrected chi connectivity index (χ0v) is 18.4. The number of halogens is 1. The Bertz CT molecular complexity index is 975. The third-order valence-corrected chi connectivity index (χ3v) is 6.94. The summed E-state index contributed by atoms with van der Waals surface area (Å²) in [5.41, 5.74) is 4.74. The van der Waals surface area contributed by atoms with Crippen molar-refractivity contribution in [1.29, 1.82) is 0 Å². The molecule has 0 saturated heterocycles. The van der Waals surface area contributed by atoms with Gasteiger partial charge in [-0.25, -0.2) is 5.43 Å². The van der Waals surface area contributed by atoms with Crippen LogP contribution in [0, 0.1) is 0 Å². The second kappa shape index (κ2) is 11.8. The Morgan fingerprint density at radius 1 is 1.07 bits per heavy atom. The van der Waals surface area contributed by atoms with Crippen molar-refractivity contribution in [2.24, 2.45) is 5.10 Å². The summed E-state index contributed by atoms with van der Waals surface area (Å²) in [5.74, 6) is 0.836. The lowest BCUT2D eigenvalue weighted by Crippen LogP contribution is -2.19. The van der Waals surface area contributed by atoms with Gasteiger partial charge < -0.3 is 0 Å². The van der Waals surface area contributed by atoms with Crippen LogP contribution >= 0.6 is 46.5 Å². The van der Waals surface area contributed by atoms with Gasteiger partial charge in [-0.2, -0.15) is 5.10 Å². The van der Waals surface area contributed by atoms with E-state index < -0.39 is 0 Å². The number of rotatable bonds is 9. The molecule has 2 aromatic carbocycles. The van der Waals surface area contributed by atoms with Gasteiger partial charge in [0.05, 0.1) is 5.75 Å². The van der Waals surface area contributed by atoms with Crippen molar-refractivity contribution >= 4 is 64.7 Å². The molecule has 5 nitrogen and oxygen atoms in total. The highest BCUT2D eigenvalue weighted by atomic mass is 35.5. The number of benzene rings is 2. The van der Waals surface area contributed by atoms with Crippen LogP contribution in [0.2, 0.25) is 5.02 Å². The molecule has 0 aliphatic heterocycles. The van der Waals surface area contributed by atoms with Gasteiger partial charge >= 0.3 is 0 Å². The predicted octanol–water partition coefficient (Wildman–Crippen LogP) is 5.39. The molecule has 0 saturated carbocycles. The maximum absolute atomic E-state index is 11.9. The highest BCUT2D eigenvalue weighted by molar-refractivity contribution is 8.03. The highest BCUT2D eigenvalue weighted by Crippen LogP contribution is 2.30. The second-order valence-corrected chi connectivity index (χ2v) is 9.48. The molecule has 29 heavy (non-hydrogen) atoms. The molecule has 148 valence electrons. The number of allylic oxidation sites excluding steroid dienone is 1. The molecule has 3 rings (SSSR count). The SMILES string of the molecule is O=C(CSc1nnc(SCc2ccc(Cl)cc2)s1)N/N=C\C=C/c1ccccc1. The molecule has 0 spiro atoms. The van der Waals surface area contributed by atoms with Crippen molar-refractivity contribution in [1.82, 2.24) is 15.6 Å². The molecule has 1 amide bonds. The average molecular weight is 461 g/mol.